The Morgan fingerprint density at radius 2 is 1.94 bits per heavy atom. The zero-order valence-corrected chi connectivity index (χ0v) is 10.4. The molecule has 0 saturated carbocycles. The van der Waals surface area contributed by atoms with Crippen LogP contribution in [0.4, 0.5) is 0 Å². The molecule has 3 nitrogen and oxygen atoms in total. The second-order valence-electron chi connectivity index (χ2n) is 5.05. The molecule has 0 saturated heterocycles. The van der Waals surface area contributed by atoms with Gasteiger partial charge in [0.15, 0.2) is 6.29 Å². The number of H-pyrrole nitrogens is 1. The summed E-state index contributed by atoms with van der Waals surface area (Å²) in [4.78, 5) is 16.7. The molecule has 0 aliphatic carbocycles. The highest BCUT2D eigenvalue weighted by Crippen LogP contribution is 2.35. The van der Waals surface area contributed by atoms with Gasteiger partial charge in [-0.05, 0) is 37.6 Å². The van der Waals surface area contributed by atoms with Crippen molar-refractivity contribution < 1.29 is 4.79 Å². The lowest BCUT2D eigenvalue weighted by Crippen LogP contribution is -2.22. The van der Waals surface area contributed by atoms with E-state index in [0.717, 1.165) is 36.1 Å². The number of hydrogen-bond acceptors (Lipinski definition) is 2. The van der Waals surface area contributed by atoms with E-state index in [1.54, 1.807) is 0 Å². The molecule has 3 heteroatoms. The van der Waals surface area contributed by atoms with Gasteiger partial charge < -0.3 is 4.98 Å². The summed E-state index contributed by atoms with van der Waals surface area (Å²) in [5.74, 6) is 0. The topological polar surface area (TPSA) is 36.1 Å². The summed E-state index contributed by atoms with van der Waals surface area (Å²) in [7, 11) is 2.09. The lowest BCUT2D eigenvalue weighted by atomic mass is 9.94. The van der Waals surface area contributed by atoms with Crippen molar-refractivity contribution in [1.29, 1.82) is 0 Å². The number of carbonyl (C=O) groups excluding carboxylic acids is 1. The Morgan fingerprint density at radius 3 is 2.65 bits per heavy atom. The van der Waals surface area contributed by atoms with Crippen molar-refractivity contribution in [3.8, 4) is 0 Å². The Labute approximate surface area is 100 Å². The van der Waals surface area contributed by atoms with Crippen LogP contribution in [0.3, 0.4) is 0 Å². The third-order valence-corrected chi connectivity index (χ3v) is 3.72. The molecular formula is C14H16N2O. The van der Waals surface area contributed by atoms with Crippen molar-refractivity contribution in [2.45, 2.75) is 26.9 Å². The molecule has 17 heavy (non-hydrogen) atoms. The molecule has 0 atom stereocenters. The van der Waals surface area contributed by atoms with Crippen molar-refractivity contribution in [2.24, 2.45) is 0 Å². The van der Waals surface area contributed by atoms with Crippen molar-refractivity contribution in [3.05, 3.63) is 34.0 Å². The first kappa shape index (κ1) is 10.5. The van der Waals surface area contributed by atoms with Crippen LogP contribution in [0.5, 0.6) is 0 Å². The standard InChI is InChI=1S/C14H16N2O/c1-8-4-9(2)14-13-10(8)5-16(3)6-11(13)12(7-17)15-14/h4,7,15H,5-6H2,1-3H3. The second-order valence-corrected chi connectivity index (χ2v) is 5.05. The van der Waals surface area contributed by atoms with Crippen LogP contribution in [0.2, 0.25) is 0 Å². The molecule has 3 rings (SSSR count). The highest BCUT2D eigenvalue weighted by atomic mass is 16.1. The lowest BCUT2D eigenvalue weighted by molar-refractivity contribution is 0.111. The van der Waals surface area contributed by atoms with E-state index in [0.29, 0.717) is 0 Å². The quantitative estimate of drug-likeness (QED) is 0.761. The third kappa shape index (κ3) is 1.35. The van der Waals surface area contributed by atoms with Crippen LogP contribution in [0.15, 0.2) is 6.07 Å². The molecule has 0 radical (unpaired) electrons. The maximum absolute atomic E-state index is 11.1. The van der Waals surface area contributed by atoms with Crippen LogP contribution in [0.1, 0.15) is 32.7 Å². The van der Waals surface area contributed by atoms with Crippen LogP contribution in [0, 0.1) is 13.8 Å². The van der Waals surface area contributed by atoms with Crippen LogP contribution in [0.25, 0.3) is 10.9 Å². The largest absolute Gasteiger partial charge is 0.352 e. The monoisotopic (exact) mass is 228 g/mol. The number of hydrogen-bond donors (Lipinski definition) is 1. The number of aryl methyl sites for hydroxylation is 2. The Bertz CT molecular complexity index is 625. The van der Waals surface area contributed by atoms with E-state index in [-0.39, 0.29) is 0 Å². The van der Waals surface area contributed by atoms with Gasteiger partial charge in [0.05, 0.1) is 5.69 Å². The molecular weight excluding hydrogens is 212 g/mol. The summed E-state index contributed by atoms with van der Waals surface area (Å²) >= 11 is 0. The van der Waals surface area contributed by atoms with Gasteiger partial charge in [0.1, 0.15) is 0 Å². The maximum atomic E-state index is 11.1. The number of nitrogens with one attached hydrogen (secondary N) is 1. The van der Waals surface area contributed by atoms with Crippen LogP contribution in [-0.2, 0) is 13.1 Å². The number of carbonyl (C=O) groups is 1. The zero-order valence-electron chi connectivity index (χ0n) is 10.4. The van der Waals surface area contributed by atoms with Crippen molar-refractivity contribution in [2.75, 3.05) is 7.05 Å². The smallest absolute Gasteiger partial charge is 0.166 e. The van der Waals surface area contributed by atoms with Crippen LogP contribution in [-0.4, -0.2) is 23.2 Å². The second kappa shape index (κ2) is 3.44. The fourth-order valence-corrected chi connectivity index (χ4v) is 2.93. The predicted molar refractivity (Wildman–Crippen MR) is 68.3 cm³/mol. The molecule has 1 aromatic carbocycles. The average Bonchev–Trinajstić information content (AvgIpc) is 2.65. The minimum Gasteiger partial charge on any atom is -0.352 e. The van der Waals surface area contributed by atoms with E-state index in [1.807, 2.05) is 0 Å². The first-order chi connectivity index (χ1) is 8.11. The Hall–Kier alpha value is -1.61. The van der Waals surface area contributed by atoms with Gasteiger partial charge in [-0.2, -0.15) is 0 Å². The number of benzene rings is 1. The third-order valence-electron chi connectivity index (χ3n) is 3.72. The molecule has 2 heterocycles. The van der Waals surface area contributed by atoms with Gasteiger partial charge in [-0.3, -0.25) is 9.69 Å². The van der Waals surface area contributed by atoms with E-state index in [4.69, 9.17) is 0 Å². The predicted octanol–water partition coefficient (Wildman–Crippen LogP) is 2.54. The van der Waals surface area contributed by atoms with Gasteiger partial charge in [0.25, 0.3) is 0 Å². The van der Waals surface area contributed by atoms with E-state index in [1.165, 1.54) is 22.1 Å². The first-order valence-corrected chi connectivity index (χ1v) is 5.89. The molecule has 2 aromatic rings. The summed E-state index contributed by atoms with van der Waals surface area (Å²) in [6, 6.07) is 2.20. The number of nitrogens with zero attached hydrogens (tertiary/aromatic N) is 1. The fourth-order valence-electron chi connectivity index (χ4n) is 2.93. The molecule has 1 aromatic heterocycles. The minimum atomic E-state index is 0.738. The van der Waals surface area contributed by atoms with Crippen LogP contribution < -0.4 is 0 Å². The molecule has 1 aliphatic rings. The van der Waals surface area contributed by atoms with E-state index < -0.39 is 0 Å². The number of rotatable bonds is 1. The van der Waals surface area contributed by atoms with Gasteiger partial charge in [0.2, 0.25) is 0 Å². The van der Waals surface area contributed by atoms with Crippen molar-refractivity contribution in [1.82, 2.24) is 9.88 Å². The molecule has 1 N–H and O–H groups in total. The van der Waals surface area contributed by atoms with Crippen molar-refractivity contribution >= 4 is 17.2 Å². The maximum Gasteiger partial charge on any atom is 0.166 e. The molecule has 0 spiro atoms. The highest BCUT2D eigenvalue weighted by molar-refractivity contribution is 5.97. The SMILES string of the molecule is Cc1cc(C)c2[nH]c(C=O)c3c2c1CN(C)C3. The first-order valence-electron chi connectivity index (χ1n) is 5.89. The number of aromatic nitrogens is 1. The van der Waals surface area contributed by atoms with Gasteiger partial charge in [-0.1, -0.05) is 6.07 Å². The minimum absolute atomic E-state index is 0.738. The van der Waals surface area contributed by atoms with E-state index >= 15 is 0 Å². The van der Waals surface area contributed by atoms with Gasteiger partial charge in [0, 0.05) is 29.6 Å². The van der Waals surface area contributed by atoms with Crippen molar-refractivity contribution in [3.63, 3.8) is 0 Å². The molecule has 0 amide bonds. The van der Waals surface area contributed by atoms with Gasteiger partial charge >= 0.3 is 0 Å². The van der Waals surface area contributed by atoms with E-state index in [9.17, 15) is 4.79 Å². The molecule has 0 unspecified atom stereocenters. The lowest BCUT2D eigenvalue weighted by Gasteiger charge is -2.25. The summed E-state index contributed by atoms with van der Waals surface area (Å²) in [6.45, 7) is 6.06. The fraction of sp³-hybridized carbons (Fsp3) is 0.357. The zero-order chi connectivity index (χ0) is 12.2. The Balaban J connectivity index is 2.47. The Kier molecular flexibility index (Phi) is 2.13. The van der Waals surface area contributed by atoms with Gasteiger partial charge in [-0.15, -0.1) is 0 Å². The number of aldehydes is 1. The summed E-state index contributed by atoms with van der Waals surface area (Å²) < 4.78 is 0. The Morgan fingerprint density at radius 1 is 1.24 bits per heavy atom. The van der Waals surface area contributed by atoms with Gasteiger partial charge in [-0.25, -0.2) is 0 Å². The van der Waals surface area contributed by atoms with E-state index in [2.05, 4.69) is 36.8 Å². The molecule has 1 aliphatic heterocycles. The molecule has 88 valence electrons. The normalized spacial score (nSPS) is 15.5. The molecule has 0 bridgehead atoms. The summed E-state index contributed by atoms with van der Waals surface area (Å²) in [5, 5.41) is 1.28. The number of aromatic amines is 1. The van der Waals surface area contributed by atoms with Crippen LogP contribution >= 0.6 is 0 Å². The molecule has 0 fully saturated rings. The summed E-state index contributed by atoms with van der Waals surface area (Å²) in [5.41, 5.74) is 6.93. The average molecular weight is 228 g/mol. The highest BCUT2D eigenvalue weighted by Gasteiger charge is 2.23. The summed E-state index contributed by atoms with van der Waals surface area (Å²) in [6.07, 6.45) is 0.938.